The van der Waals surface area contributed by atoms with E-state index in [0.717, 1.165) is 25.9 Å². The molecule has 0 unspecified atom stereocenters. The van der Waals surface area contributed by atoms with Crippen molar-refractivity contribution in [3.05, 3.63) is 35.9 Å². The van der Waals surface area contributed by atoms with Crippen LogP contribution in [0.1, 0.15) is 50.5 Å². The van der Waals surface area contributed by atoms with Gasteiger partial charge in [0.15, 0.2) is 0 Å². The van der Waals surface area contributed by atoms with E-state index in [-0.39, 0.29) is 5.41 Å². The second-order valence-electron chi connectivity index (χ2n) is 6.01. The third-order valence-electron chi connectivity index (χ3n) is 4.84. The Bertz CT molecular complexity index is 428. The van der Waals surface area contributed by atoms with E-state index >= 15 is 0 Å². The minimum atomic E-state index is -0.210. The van der Waals surface area contributed by atoms with Crippen molar-refractivity contribution in [3.63, 3.8) is 0 Å². The fourth-order valence-corrected chi connectivity index (χ4v) is 3.76. The number of nitrogens with zero attached hydrogens (tertiary/aromatic N) is 1. The average molecular weight is 257 g/mol. The van der Waals surface area contributed by atoms with Gasteiger partial charge >= 0.3 is 0 Å². The molecule has 102 valence electrons. The second-order valence-corrected chi connectivity index (χ2v) is 6.01. The lowest BCUT2D eigenvalue weighted by atomic mass is 9.77. The first-order valence-electron chi connectivity index (χ1n) is 7.68. The smallest absolute Gasteiger partial charge is 0.233 e. The fourth-order valence-electron chi connectivity index (χ4n) is 3.76. The molecule has 1 aliphatic heterocycles. The maximum atomic E-state index is 13.0. The number of hydrogen-bond acceptors (Lipinski definition) is 1. The van der Waals surface area contributed by atoms with Crippen molar-refractivity contribution < 1.29 is 4.79 Å². The molecule has 2 nitrogen and oxygen atoms in total. The summed E-state index contributed by atoms with van der Waals surface area (Å²) >= 11 is 0. The van der Waals surface area contributed by atoms with Gasteiger partial charge in [0.2, 0.25) is 5.91 Å². The van der Waals surface area contributed by atoms with Crippen molar-refractivity contribution in [2.24, 2.45) is 0 Å². The number of benzene rings is 1. The van der Waals surface area contributed by atoms with E-state index in [1.807, 2.05) is 6.07 Å². The zero-order chi connectivity index (χ0) is 13.1. The summed E-state index contributed by atoms with van der Waals surface area (Å²) in [6.07, 6.45) is 8.08. The Labute approximate surface area is 115 Å². The van der Waals surface area contributed by atoms with Crippen LogP contribution in [-0.4, -0.2) is 23.9 Å². The Morgan fingerprint density at radius 1 is 0.895 bits per heavy atom. The quantitative estimate of drug-likeness (QED) is 0.794. The third-order valence-corrected chi connectivity index (χ3v) is 4.84. The summed E-state index contributed by atoms with van der Waals surface area (Å²) in [4.78, 5) is 15.2. The third kappa shape index (κ3) is 2.29. The summed E-state index contributed by atoms with van der Waals surface area (Å²) in [5, 5.41) is 0. The number of carbonyl (C=O) groups excluding carboxylic acids is 1. The van der Waals surface area contributed by atoms with Crippen molar-refractivity contribution >= 4 is 5.91 Å². The van der Waals surface area contributed by atoms with Gasteiger partial charge < -0.3 is 4.90 Å². The SMILES string of the molecule is O=C(N1CCCCC1)C1(c2ccccc2)CCCC1. The maximum Gasteiger partial charge on any atom is 0.233 e. The molecule has 1 amide bonds. The molecule has 1 saturated heterocycles. The van der Waals surface area contributed by atoms with E-state index in [4.69, 9.17) is 0 Å². The van der Waals surface area contributed by atoms with Gasteiger partial charge in [0.1, 0.15) is 0 Å². The van der Waals surface area contributed by atoms with E-state index < -0.39 is 0 Å². The lowest BCUT2D eigenvalue weighted by Gasteiger charge is -2.36. The number of rotatable bonds is 2. The highest BCUT2D eigenvalue weighted by Gasteiger charge is 2.44. The second kappa shape index (κ2) is 5.36. The zero-order valence-corrected chi connectivity index (χ0v) is 11.6. The lowest BCUT2D eigenvalue weighted by Crippen LogP contribution is -2.47. The van der Waals surface area contributed by atoms with Crippen LogP contribution in [0.5, 0.6) is 0 Å². The number of amides is 1. The molecule has 1 heterocycles. The van der Waals surface area contributed by atoms with Crippen LogP contribution >= 0.6 is 0 Å². The van der Waals surface area contributed by atoms with Crippen molar-refractivity contribution in [1.29, 1.82) is 0 Å². The van der Waals surface area contributed by atoms with Gasteiger partial charge in [-0.05, 0) is 37.7 Å². The molecule has 1 aromatic rings. The maximum absolute atomic E-state index is 13.0. The van der Waals surface area contributed by atoms with Gasteiger partial charge in [0, 0.05) is 13.1 Å². The Morgan fingerprint density at radius 3 is 2.16 bits per heavy atom. The first-order valence-corrected chi connectivity index (χ1v) is 7.68. The first kappa shape index (κ1) is 12.7. The Morgan fingerprint density at radius 2 is 1.53 bits per heavy atom. The summed E-state index contributed by atoms with van der Waals surface area (Å²) in [5.74, 6) is 0.399. The molecular weight excluding hydrogens is 234 g/mol. The first-order chi connectivity index (χ1) is 9.33. The number of carbonyl (C=O) groups is 1. The number of hydrogen-bond donors (Lipinski definition) is 0. The molecule has 0 N–H and O–H groups in total. The summed E-state index contributed by atoms with van der Waals surface area (Å²) in [6.45, 7) is 1.93. The molecule has 0 spiro atoms. The van der Waals surface area contributed by atoms with Crippen LogP contribution in [0.15, 0.2) is 30.3 Å². The van der Waals surface area contributed by atoms with Crippen LogP contribution in [0.25, 0.3) is 0 Å². The molecule has 0 aromatic heterocycles. The summed E-state index contributed by atoms with van der Waals surface area (Å²) in [7, 11) is 0. The van der Waals surface area contributed by atoms with Gasteiger partial charge in [-0.2, -0.15) is 0 Å². The molecule has 0 bridgehead atoms. The van der Waals surface area contributed by atoms with E-state index in [0.29, 0.717) is 5.91 Å². The highest BCUT2D eigenvalue weighted by Crippen LogP contribution is 2.42. The van der Waals surface area contributed by atoms with Crippen LogP contribution in [0.4, 0.5) is 0 Å². The molecule has 2 heteroatoms. The summed E-state index contributed by atoms with van der Waals surface area (Å²) in [6, 6.07) is 10.5. The molecule has 2 aliphatic rings. The van der Waals surface area contributed by atoms with Crippen LogP contribution < -0.4 is 0 Å². The van der Waals surface area contributed by atoms with Gasteiger partial charge in [0.05, 0.1) is 5.41 Å². The summed E-state index contributed by atoms with van der Waals surface area (Å²) < 4.78 is 0. The molecule has 2 fully saturated rings. The average Bonchev–Trinajstić information content (AvgIpc) is 2.99. The van der Waals surface area contributed by atoms with E-state index in [1.165, 1.54) is 37.7 Å². The van der Waals surface area contributed by atoms with Crippen molar-refractivity contribution in [2.75, 3.05) is 13.1 Å². The predicted molar refractivity (Wildman–Crippen MR) is 77.0 cm³/mol. The Balaban J connectivity index is 1.90. The number of piperidine rings is 1. The van der Waals surface area contributed by atoms with Crippen molar-refractivity contribution in [1.82, 2.24) is 4.90 Å². The highest BCUT2D eigenvalue weighted by atomic mass is 16.2. The Kier molecular flexibility index (Phi) is 3.58. The molecular formula is C17H23NO. The summed E-state index contributed by atoms with van der Waals surface area (Å²) in [5.41, 5.74) is 1.03. The lowest BCUT2D eigenvalue weighted by molar-refractivity contribution is -0.138. The monoisotopic (exact) mass is 257 g/mol. The van der Waals surface area contributed by atoms with Crippen LogP contribution in [0.3, 0.4) is 0 Å². The van der Waals surface area contributed by atoms with Gasteiger partial charge in [-0.1, -0.05) is 43.2 Å². The molecule has 1 saturated carbocycles. The van der Waals surface area contributed by atoms with Gasteiger partial charge in [-0.3, -0.25) is 4.79 Å². The van der Waals surface area contributed by atoms with Crippen LogP contribution in [0, 0.1) is 0 Å². The van der Waals surface area contributed by atoms with Gasteiger partial charge in [-0.15, -0.1) is 0 Å². The molecule has 0 atom stereocenters. The Hall–Kier alpha value is -1.31. The zero-order valence-electron chi connectivity index (χ0n) is 11.6. The van der Waals surface area contributed by atoms with E-state index in [2.05, 4.69) is 29.2 Å². The van der Waals surface area contributed by atoms with Crippen LogP contribution in [0.2, 0.25) is 0 Å². The largest absolute Gasteiger partial charge is 0.342 e. The molecule has 0 radical (unpaired) electrons. The molecule has 19 heavy (non-hydrogen) atoms. The van der Waals surface area contributed by atoms with Gasteiger partial charge in [0.25, 0.3) is 0 Å². The standard InChI is InChI=1S/C17H23NO/c19-16(18-13-7-2-8-14-18)17(11-5-6-12-17)15-9-3-1-4-10-15/h1,3-4,9-10H,2,5-8,11-14H2. The van der Waals surface area contributed by atoms with E-state index in [1.54, 1.807) is 0 Å². The number of likely N-dealkylation sites (tertiary alicyclic amines) is 1. The van der Waals surface area contributed by atoms with Crippen molar-refractivity contribution in [2.45, 2.75) is 50.4 Å². The molecule has 1 aliphatic carbocycles. The van der Waals surface area contributed by atoms with Crippen LogP contribution in [-0.2, 0) is 10.2 Å². The van der Waals surface area contributed by atoms with Crippen molar-refractivity contribution in [3.8, 4) is 0 Å². The normalized spacial score (nSPS) is 22.4. The topological polar surface area (TPSA) is 20.3 Å². The minimum absolute atomic E-state index is 0.210. The highest BCUT2D eigenvalue weighted by molar-refractivity contribution is 5.88. The molecule has 3 rings (SSSR count). The molecule has 1 aromatic carbocycles. The fraction of sp³-hybridized carbons (Fsp3) is 0.588. The minimum Gasteiger partial charge on any atom is -0.342 e. The van der Waals surface area contributed by atoms with E-state index in [9.17, 15) is 4.79 Å². The van der Waals surface area contributed by atoms with Gasteiger partial charge in [-0.25, -0.2) is 0 Å². The predicted octanol–water partition coefficient (Wildman–Crippen LogP) is 3.51.